The number of azide groups is 2. The maximum Gasteiger partial charge on any atom is 0.129 e. The molecule has 26 N–H and O–H groups in total. The largest absolute Gasteiger partial charge is 0.544 e. The first-order valence-electron chi connectivity index (χ1n) is 24.8. The van der Waals surface area contributed by atoms with E-state index in [1.54, 1.807) is 54.6 Å². The molecule has 3 aromatic carbocycles. The number of carbonyl (C=O) groups excluding carboxylic acids is 4. The van der Waals surface area contributed by atoms with Gasteiger partial charge in [0.25, 0.3) is 0 Å². The van der Waals surface area contributed by atoms with Gasteiger partial charge in [0.2, 0.25) is 0 Å². The Balaban J connectivity index is -0.000000267. The fourth-order valence-electron chi connectivity index (χ4n) is 4.63. The number of hydrogen-bond donors (Lipinski definition) is 9. The summed E-state index contributed by atoms with van der Waals surface area (Å²) in [6, 6.07) is 20.7. The molecule has 3 rings (SSSR count). The Morgan fingerprint density at radius 2 is 1.06 bits per heavy atom. The summed E-state index contributed by atoms with van der Waals surface area (Å²) < 4.78 is 0. The molecule has 0 bridgehead atoms. The molecule has 24 heteroatoms. The minimum absolute atomic E-state index is 0.304. The number of rotatable bonds is 23. The van der Waals surface area contributed by atoms with Crippen LogP contribution in [0.4, 0.5) is 5.69 Å². The van der Waals surface area contributed by atoms with E-state index in [9.17, 15) is 39.6 Å². The Morgan fingerprint density at radius 1 is 0.667 bits per heavy atom. The number of nitrogens with two attached hydrogens (primary N) is 1. The molecule has 0 saturated heterocycles. The van der Waals surface area contributed by atoms with Crippen molar-refractivity contribution < 1.29 is 85.5 Å². The fraction of sp³-hybridized carbons (Fsp3) is 0.444. The van der Waals surface area contributed by atoms with Gasteiger partial charge in [-0.25, -0.2) is 0 Å². The average Bonchev–Trinajstić information content (AvgIpc) is 3.38. The molecule has 8 atom stereocenters. The Bertz CT molecular complexity index is 2260. The van der Waals surface area contributed by atoms with Crippen molar-refractivity contribution in [1.29, 1.82) is 0 Å². The van der Waals surface area contributed by atoms with Crippen LogP contribution in [0.2, 0.25) is 10.6 Å². The third-order valence-corrected chi connectivity index (χ3v) is 11.7. The molecule has 0 saturated carbocycles. The average molecular weight is 1160 g/mol. The third-order valence-electron chi connectivity index (χ3n) is 9.24. The number of benzene rings is 3. The number of aliphatic carboxylic acids is 4. The third kappa shape index (κ3) is 56.6. The van der Waals surface area contributed by atoms with Gasteiger partial charge in [-0.1, -0.05) is 95.0 Å². The standard InChI is InChI=1S/C11H11NO2.C10H13NO2.C9H10N4O2.C6H11N.C5H12N2O2Se.C5H11N.C4H10N4.C4H9N/c1-2-8-3-5-9(6-4-8)7-10(12)11(13)14;1-7-2-4-8(5-3-7)6-9(11)10(12)13;10-8(9(14)15)5-6-1-3-7(4-2-6)12-13-11;1-3-4-5-6(2)7;6-1-2-10-3-4(7)5(8)9;1-3-4-5(2)6;1-4(5)2-3-7-8-6;1-3-4(2)5/h1,3-6,10H,7,12H2,(H,13,14);2-5,9H,6,11H2,1H3,(H,12,13);1-4,8H,5,10H2,(H,14,15);1,6H,4-5,7H2,2H3;4H,1-3,6-7H2,(H,8,9);3,5H,1,4,6H2,2H3;4H,2-3,5H2,1H3;3-4H,1,5H2,2H3/p+4/t10-;9-;8-;6-;4-;5-;2*4-/m00010111/s1. The van der Waals surface area contributed by atoms with E-state index in [0.717, 1.165) is 58.8 Å². The monoisotopic (exact) mass is 1160 g/mol. The number of carboxylic acid groups (broad SMARTS) is 4. The minimum atomic E-state index is -1.17. The smallest absolute Gasteiger partial charge is 0.129 e. The van der Waals surface area contributed by atoms with Gasteiger partial charge < -0.3 is 69.8 Å². The Labute approximate surface area is 467 Å². The number of aryl methyl sites for hydroxylation is 1. The van der Waals surface area contributed by atoms with Gasteiger partial charge in [0.1, 0.15) is 18.1 Å². The second-order valence-electron chi connectivity index (χ2n) is 17.8. The summed E-state index contributed by atoms with van der Waals surface area (Å²) in [5, 5.41) is 49.7. The van der Waals surface area contributed by atoms with Crippen LogP contribution in [-0.4, -0.2) is 100 Å². The Kier molecular flexibility index (Phi) is 54.5. The molecule has 0 heterocycles. The van der Waals surface area contributed by atoms with Crippen molar-refractivity contribution >= 4 is 44.5 Å². The van der Waals surface area contributed by atoms with Crippen LogP contribution in [0.15, 0.2) is 108 Å². The van der Waals surface area contributed by atoms with Crippen LogP contribution in [0.25, 0.3) is 20.9 Å². The van der Waals surface area contributed by atoms with Crippen molar-refractivity contribution in [3.63, 3.8) is 0 Å². The van der Waals surface area contributed by atoms with Crippen molar-refractivity contribution in [2.24, 2.45) is 16.0 Å². The number of hydrogen-bond acceptors (Lipinski definition) is 11. The van der Waals surface area contributed by atoms with Crippen LogP contribution < -0.4 is 72.0 Å². The molecule has 0 amide bonds. The van der Waals surface area contributed by atoms with Crippen LogP contribution in [0.5, 0.6) is 0 Å². The summed E-state index contributed by atoms with van der Waals surface area (Å²) in [6.45, 7) is 18.4. The summed E-state index contributed by atoms with van der Waals surface area (Å²) in [4.78, 5) is 46.6. The normalized spacial score (nSPS) is 12.4. The Morgan fingerprint density at radius 3 is 1.33 bits per heavy atom. The molecule has 3 aromatic rings. The first-order valence-corrected chi connectivity index (χ1v) is 27.2. The van der Waals surface area contributed by atoms with Gasteiger partial charge in [-0.05, 0) is 80.6 Å². The number of carboxylic acids is 4. The van der Waals surface area contributed by atoms with Gasteiger partial charge in [0, 0.05) is 72.6 Å². The molecule has 23 nitrogen and oxygen atoms in total. The maximum absolute atomic E-state index is 10.4. The summed E-state index contributed by atoms with van der Waals surface area (Å²) in [5.41, 5.74) is 55.1. The van der Waals surface area contributed by atoms with Gasteiger partial charge >= 0.3 is 65.5 Å². The van der Waals surface area contributed by atoms with E-state index in [2.05, 4.69) is 105 Å². The maximum atomic E-state index is 10.4. The molecule has 0 radical (unpaired) electrons. The first kappa shape index (κ1) is 79.8. The van der Waals surface area contributed by atoms with Crippen LogP contribution in [0.1, 0.15) is 81.2 Å². The van der Waals surface area contributed by atoms with E-state index < -0.39 is 48.0 Å². The molecule has 0 aliphatic carbocycles. The van der Waals surface area contributed by atoms with E-state index in [-0.39, 0.29) is 0 Å². The molecule has 0 aliphatic rings. The zero-order chi connectivity index (χ0) is 61.0. The first-order chi connectivity index (χ1) is 36.6. The molecule has 432 valence electrons. The van der Waals surface area contributed by atoms with Crippen molar-refractivity contribution in [3.8, 4) is 24.7 Å². The van der Waals surface area contributed by atoms with E-state index in [4.69, 9.17) is 29.6 Å². The number of carbonyl (C=O) groups is 4. The Hall–Kier alpha value is -7.08. The van der Waals surface area contributed by atoms with Crippen molar-refractivity contribution in [1.82, 2.24) is 0 Å². The molecular weight excluding hydrogens is 1070 g/mol. The van der Waals surface area contributed by atoms with Crippen molar-refractivity contribution in [2.45, 2.75) is 139 Å². The van der Waals surface area contributed by atoms with Crippen molar-refractivity contribution in [2.75, 3.05) is 13.1 Å². The topological polar surface area (TPSA) is 505 Å². The summed E-state index contributed by atoms with van der Waals surface area (Å²) >= 11 is 0.321. The summed E-state index contributed by atoms with van der Waals surface area (Å²) in [6.07, 6.45) is 18.8. The van der Waals surface area contributed by atoms with Crippen LogP contribution >= 0.6 is 0 Å². The molecule has 0 unspecified atom stereocenters. The predicted octanol–water partition coefficient (Wildman–Crippen LogP) is -5.81. The molecule has 0 spiro atoms. The second-order valence-corrected chi connectivity index (χ2v) is 20.2. The summed E-state index contributed by atoms with van der Waals surface area (Å²) in [7, 11) is 0. The SMILES string of the molecule is C#CCC[C@@H](C)[NH3+].C#Cc1ccc(C[C@H]([NH3+])C(=O)[O-])cc1.C=CC[C@@H](C)[NH3+].C=C[C@@H](C)[NH3+].C[C@@H]([NH3+])CCN=[N+]=[N-].Cc1ccc(C[C@H]([NH3+])C(=O)[O-])cc1.NCC[Se]C[C@H]([NH3+])C(=O)[O-].[N-]=[N+]=Nc1ccc(C[C@H]([NH3+])C(=O)[O-])cc1. The van der Waals surface area contributed by atoms with Gasteiger partial charge in [0.05, 0.1) is 42.1 Å². The van der Waals surface area contributed by atoms with Gasteiger partial charge in [-0.2, -0.15) is 0 Å². The van der Waals surface area contributed by atoms with Gasteiger partial charge in [-0.15, -0.1) is 25.3 Å². The van der Waals surface area contributed by atoms with E-state index in [1.807, 2.05) is 51.1 Å². The van der Waals surface area contributed by atoms with E-state index >= 15 is 0 Å². The van der Waals surface area contributed by atoms with E-state index in [0.29, 0.717) is 82.5 Å². The zero-order valence-corrected chi connectivity index (χ0v) is 48.4. The van der Waals surface area contributed by atoms with Gasteiger partial charge in [-0.3, -0.25) is 0 Å². The van der Waals surface area contributed by atoms with Gasteiger partial charge in [0.15, 0.2) is 0 Å². The molecule has 0 aromatic heterocycles. The fourth-order valence-corrected chi connectivity index (χ4v) is 6.21. The predicted molar refractivity (Wildman–Crippen MR) is 294 cm³/mol. The second kappa shape index (κ2) is 53.3. The zero-order valence-electron chi connectivity index (χ0n) is 46.6. The molecule has 0 fully saturated rings. The van der Waals surface area contributed by atoms with Crippen LogP contribution in [0.3, 0.4) is 0 Å². The summed E-state index contributed by atoms with van der Waals surface area (Å²) in [5.74, 6) is 0.586. The molecular formula is C54H91N15O8Se+4. The van der Waals surface area contributed by atoms with Crippen LogP contribution in [0, 0.1) is 31.6 Å². The van der Waals surface area contributed by atoms with Crippen molar-refractivity contribution in [3.05, 3.63) is 147 Å². The van der Waals surface area contributed by atoms with Crippen LogP contribution in [-0.2, 0) is 38.4 Å². The molecule has 0 aliphatic heterocycles. The van der Waals surface area contributed by atoms with E-state index in [1.165, 1.54) is 0 Å². The number of terminal acetylenes is 2. The minimum Gasteiger partial charge on any atom is -0.544 e. The quantitative estimate of drug-likeness (QED) is 0.00830. The number of nitrogens with zero attached hydrogens (tertiary/aromatic N) is 6. The molecule has 78 heavy (non-hydrogen) atoms. The number of quaternary nitrogens is 8.